The maximum atomic E-state index is 11.5. The number of rotatable bonds is 5. The van der Waals surface area contributed by atoms with Crippen molar-refractivity contribution >= 4 is 27.1 Å². The predicted molar refractivity (Wildman–Crippen MR) is 74.1 cm³/mol. The topological polar surface area (TPSA) is 111 Å². The summed E-state index contributed by atoms with van der Waals surface area (Å²) < 4.78 is 32.6. The van der Waals surface area contributed by atoms with E-state index < -0.39 is 27.3 Å². The number of carboxylic acids is 1. The van der Waals surface area contributed by atoms with E-state index in [0.29, 0.717) is 5.39 Å². The fraction of sp³-hybridized carbons (Fsp3) is 0.0769. The Morgan fingerprint density at radius 2 is 2.10 bits per heavy atom. The molecule has 7 nitrogen and oxygen atoms in total. The second kappa shape index (κ2) is 5.41. The molecule has 21 heavy (non-hydrogen) atoms. The number of fused-ring (bicyclic) bond motifs is 1. The Bertz CT molecular complexity index is 877. The molecule has 0 saturated heterocycles. The van der Waals surface area contributed by atoms with Gasteiger partial charge in [0.05, 0.1) is 0 Å². The molecule has 0 spiro atoms. The van der Waals surface area contributed by atoms with Crippen molar-refractivity contribution in [3.63, 3.8) is 0 Å². The van der Waals surface area contributed by atoms with Gasteiger partial charge in [-0.2, -0.15) is 8.42 Å². The van der Waals surface area contributed by atoms with Crippen LogP contribution in [0.1, 0.15) is 10.4 Å². The highest BCUT2D eigenvalue weighted by Gasteiger charge is 2.14. The van der Waals surface area contributed by atoms with Gasteiger partial charge in [0.25, 0.3) is 0 Å². The van der Waals surface area contributed by atoms with E-state index in [0.717, 1.165) is 6.07 Å². The van der Waals surface area contributed by atoms with E-state index in [2.05, 4.69) is 6.58 Å². The van der Waals surface area contributed by atoms with Crippen molar-refractivity contribution in [1.29, 1.82) is 0 Å². The summed E-state index contributed by atoms with van der Waals surface area (Å²) in [6.07, 6.45) is 1.18. The Kier molecular flexibility index (Phi) is 3.81. The minimum absolute atomic E-state index is 0.0244. The summed E-state index contributed by atoms with van der Waals surface area (Å²) in [6.45, 7) is 3.30. The van der Waals surface area contributed by atoms with Crippen LogP contribution in [-0.2, 0) is 10.1 Å². The molecule has 0 unspecified atom stereocenters. The largest absolute Gasteiger partial charge is 0.477 e. The first kappa shape index (κ1) is 14.8. The van der Waals surface area contributed by atoms with Crippen molar-refractivity contribution in [3.05, 3.63) is 52.9 Å². The molecule has 2 aromatic rings. The van der Waals surface area contributed by atoms with Crippen LogP contribution in [0, 0.1) is 0 Å². The zero-order valence-electron chi connectivity index (χ0n) is 10.6. The summed E-state index contributed by atoms with van der Waals surface area (Å²) in [5.41, 5.74) is -1.51. The molecule has 0 aliphatic rings. The van der Waals surface area contributed by atoms with E-state index in [1.807, 2.05) is 0 Å². The molecule has 0 amide bonds. The first-order valence-corrected chi connectivity index (χ1v) is 7.24. The van der Waals surface area contributed by atoms with Gasteiger partial charge < -0.3 is 13.7 Å². The minimum Gasteiger partial charge on any atom is -0.477 e. The average Bonchev–Trinajstić information content (AvgIpc) is 2.36. The van der Waals surface area contributed by atoms with Crippen LogP contribution in [0.15, 0.2) is 46.1 Å². The molecule has 110 valence electrons. The van der Waals surface area contributed by atoms with Gasteiger partial charge in [-0.25, -0.2) is 9.59 Å². The van der Waals surface area contributed by atoms with E-state index in [-0.39, 0.29) is 17.1 Å². The Balaban J connectivity index is 2.48. The van der Waals surface area contributed by atoms with Crippen LogP contribution >= 0.6 is 0 Å². The molecule has 1 heterocycles. The van der Waals surface area contributed by atoms with E-state index in [1.165, 1.54) is 24.3 Å². The van der Waals surface area contributed by atoms with Crippen molar-refractivity contribution in [2.24, 2.45) is 0 Å². The van der Waals surface area contributed by atoms with E-state index in [9.17, 15) is 18.0 Å². The lowest BCUT2D eigenvalue weighted by Crippen LogP contribution is -2.13. The molecule has 0 bridgehead atoms. The van der Waals surface area contributed by atoms with Gasteiger partial charge in [-0.15, -0.1) is 6.58 Å². The molecule has 0 saturated carbocycles. The second-order valence-corrected chi connectivity index (χ2v) is 5.66. The summed E-state index contributed by atoms with van der Waals surface area (Å²) in [5, 5.41) is 9.15. The smallest absolute Gasteiger partial charge is 0.351 e. The Morgan fingerprint density at radius 1 is 1.38 bits per heavy atom. The zero-order valence-corrected chi connectivity index (χ0v) is 11.4. The maximum Gasteiger partial charge on any atom is 0.351 e. The number of carboxylic acid groups (broad SMARTS) is 1. The lowest BCUT2D eigenvalue weighted by atomic mass is 10.2. The first-order valence-electron chi connectivity index (χ1n) is 5.66. The predicted octanol–water partition coefficient (Wildman–Crippen LogP) is 1.39. The van der Waals surface area contributed by atoms with Crippen molar-refractivity contribution < 1.29 is 26.9 Å². The monoisotopic (exact) mass is 310 g/mol. The number of carbonyl (C=O) groups is 1. The van der Waals surface area contributed by atoms with Gasteiger partial charge in [-0.05, 0) is 18.2 Å². The highest BCUT2D eigenvalue weighted by Crippen LogP contribution is 2.21. The van der Waals surface area contributed by atoms with Gasteiger partial charge in [-0.3, -0.25) is 0 Å². The third kappa shape index (κ3) is 3.29. The van der Waals surface area contributed by atoms with Crippen molar-refractivity contribution in [2.45, 2.75) is 0 Å². The van der Waals surface area contributed by atoms with Crippen LogP contribution in [0.5, 0.6) is 5.75 Å². The SMILES string of the molecule is C=CCS(=O)(=O)Oc1ccc2cc(C(=O)O)c(=O)oc2c1. The minimum atomic E-state index is -3.82. The summed E-state index contributed by atoms with van der Waals surface area (Å²) in [6, 6.07) is 5.06. The lowest BCUT2D eigenvalue weighted by Gasteiger charge is -2.06. The van der Waals surface area contributed by atoms with Crippen LogP contribution in [0.25, 0.3) is 11.0 Å². The number of hydrogen-bond acceptors (Lipinski definition) is 6. The van der Waals surface area contributed by atoms with Gasteiger partial charge >= 0.3 is 21.7 Å². The van der Waals surface area contributed by atoms with Gasteiger partial charge in [0.15, 0.2) is 0 Å². The van der Waals surface area contributed by atoms with Crippen LogP contribution < -0.4 is 9.81 Å². The summed E-state index contributed by atoms with van der Waals surface area (Å²) in [7, 11) is -3.82. The highest BCUT2D eigenvalue weighted by molar-refractivity contribution is 7.87. The third-order valence-corrected chi connectivity index (χ3v) is 3.57. The van der Waals surface area contributed by atoms with E-state index >= 15 is 0 Å². The van der Waals surface area contributed by atoms with Gasteiger partial charge in [0.2, 0.25) is 0 Å². The molecule has 0 aliphatic carbocycles. The molecule has 8 heteroatoms. The van der Waals surface area contributed by atoms with Gasteiger partial charge in [-0.1, -0.05) is 6.08 Å². The second-order valence-electron chi connectivity index (χ2n) is 4.05. The first-order chi connectivity index (χ1) is 9.82. The number of benzene rings is 1. The van der Waals surface area contributed by atoms with Gasteiger partial charge in [0.1, 0.15) is 22.6 Å². The van der Waals surface area contributed by atoms with Crippen molar-refractivity contribution in [2.75, 3.05) is 5.75 Å². The summed E-state index contributed by atoms with van der Waals surface area (Å²) in [4.78, 5) is 22.3. The van der Waals surface area contributed by atoms with Crippen LogP contribution in [0.2, 0.25) is 0 Å². The molecule has 1 aromatic heterocycles. The lowest BCUT2D eigenvalue weighted by molar-refractivity contribution is 0.0692. The third-order valence-electron chi connectivity index (χ3n) is 2.48. The summed E-state index contributed by atoms with van der Waals surface area (Å²) >= 11 is 0. The van der Waals surface area contributed by atoms with Crippen molar-refractivity contribution in [1.82, 2.24) is 0 Å². The van der Waals surface area contributed by atoms with E-state index in [1.54, 1.807) is 0 Å². The quantitative estimate of drug-likeness (QED) is 0.504. The molecular weight excluding hydrogens is 300 g/mol. The molecule has 2 rings (SSSR count). The standard InChI is InChI=1S/C13H10O7S/c1-2-5-21(17,18)20-9-4-3-8-6-10(12(14)15)13(16)19-11(8)7-9/h2-4,6-7H,1,5H2,(H,14,15). The fourth-order valence-corrected chi connectivity index (χ4v) is 2.37. The van der Waals surface area contributed by atoms with Gasteiger partial charge in [0, 0.05) is 11.5 Å². The fourth-order valence-electron chi connectivity index (χ4n) is 1.62. The average molecular weight is 310 g/mol. The molecule has 0 fully saturated rings. The Labute approximate surface area is 119 Å². The normalized spacial score (nSPS) is 11.2. The molecule has 1 aromatic carbocycles. The molecule has 0 aliphatic heterocycles. The van der Waals surface area contributed by atoms with Crippen LogP contribution in [-0.4, -0.2) is 25.2 Å². The Morgan fingerprint density at radius 3 is 2.71 bits per heavy atom. The Hall–Kier alpha value is -2.61. The number of hydrogen-bond donors (Lipinski definition) is 1. The van der Waals surface area contributed by atoms with E-state index in [4.69, 9.17) is 13.7 Å². The van der Waals surface area contributed by atoms with Crippen molar-refractivity contribution in [3.8, 4) is 5.75 Å². The zero-order chi connectivity index (χ0) is 15.6. The molecule has 0 atom stereocenters. The van der Waals surface area contributed by atoms with Crippen LogP contribution in [0.3, 0.4) is 0 Å². The molecule has 0 radical (unpaired) electrons. The molecular formula is C13H10O7S. The van der Waals surface area contributed by atoms with Crippen LogP contribution in [0.4, 0.5) is 0 Å². The molecule has 1 N–H and O–H groups in total. The number of aromatic carboxylic acids is 1. The highest BCUT2D eigenvalue weighted by atomic mass is 32.2. The summed E-state index contributed by atoms with van der Waals surface area (Å²) in [5.74, 6) is -1.82. The maximum absolute atomic E-state index is 11.5.